The Morgan fingerprint density at radius 2 is 1.79 bits per heavy atom. The van der Waals surface area contributed by atoms with Crippen molar-refractivity contribution in [1.29, 1.82) is 0 Å². The molecular weight excluding hydrogens is 362 g/mol. The lowest BCUT2D eigenvalue weighted by Crippen LogP contribution is -2.32. The van der Waals surface area contributed by atoms with E-state index in [1.165, 1.54) is 5.39 Å². The number of fused-ring (bicyclic) bond motifs is 1. The normalized spacial score (nSPS) is 14.8. The minimum absolute atomic E-state index is 0.0896. The number of nitrogens with zero attached hydrogens (tertiary/aromatic N) is 1. The topological polar surface area (TPSA) is 61.4 Å². The Balaban J connectivity index is 1.39. The molecule has 0 unspecified atom stereocenters. The Morgan fingerprint density at radius 1 is 1.03 bits per heavy atom. The molecule has 1 saturated heterocycles. The van der Waals surface area contributed by atoms with Crippen molar-refractivity contribution < 1.29 is 9.59 Å². The molecule has 0 bridgehead atoms. The molecule has 3 aromatic carbocycles. The van der Waals surface area contributed by atoms with E-state index in [1.807, 2.05) is 43.3 Å². The predicted molar refractivity (Wildman–Crippen MR) is 117 cm³/mol. The van der Waals surface area contributed by atoms with Crippen LogP contribution in [0.3, 0.4) is 0 Å². The van der Waals surface area contributed by atoms with E-state index in [4.69, 9.17) is 0 Å². The summed E-state index contributed by atoms with van der Waals surface area (Å²) >= 11 is 0. The van der Waals surface area contributed by atoms with Crippen LogP contribution in [0.1, 0.15) is 31.4 Å². The lowest BCUT2D eigenvalue weighted by atomic mass is 10.0. The maximum atomic E-state index is 12.5. The Hall–Kier alpha value is -3.34. The lowest BCUT2D eigenvalue weighted by Gasteiger charge is -2.21. The molecule has 1 aliphatic rings. The average molecular weight is 387 g/mol. The van der Waals surface area contributed by atoms with Crippen molar-refractivity contribution in [3.05, 3.63) is 72.3 Å². The largest absolute Gasteiger partial charge is 0.374 e. The van der Waals surface area contributed by atoms with Crippen molar-refractivity contribution in [3.8, 4) is 0 Å². The second-order valence-electron chi connectivity index (χ2n) is 7.42. The first kappa shape index (κ1) is 19.0. The number of carbonyl (C=O) groups is 2. The van der Waals surface area contributed by atoms with Crippen LogP contribution in [-0.4, -0.2) is 24.9 Å². The van der Waals surface area contributed by atoms with Crippen LogP contribution in [0.4, 0.5) is 11.4 Å². The molecule has 4 rings (SSSR count). The quantitative estimate of drug-likeness (QED) is 0.664. The lowest BCUT2D eigenvalue weighted by molar-refractivity contribution is -0.120. The fourth-order valence-corrected chi connectivity index (χ4v) is 3.79. The number of hydrogen-bond donors (Lipinski definition) is 2. The maximum Gasteiger partial charge on any atom is 0.239 e. The molecule has 1 fully saturated rings. The van der Waals surface area contributed by atoms with Crippen LogP contribution in [0.5, 0.6) is 0 Å². The van der Waals surface area contributed by atoms with Gasteiger partial charge in [-0.25, -0.2) is 0 Å². The number of rotatable bonds is 6. The van der Waals surface area contributed by atoms with Gasteiger partial charge < -0.3 is 15.5 Å². The monoisotopic (exact) mass is 387 g/mol. The number of anilines is 2. The Labute approximate surface area is 170 Å². The van der Waals surface area contributed by atoms with Crippen LogP contribution in [0.2, 0.25) is 0 Å². The summed E-state index contributed by atoms with van der Waals surface area (Å²) in [6.45, 7) is 2.86. The van der Waals surface area contributed by atoms with Crippen LogP contribution in [-0.2, 0) is 9.59 Å². The molecule has 0 saturated carbocycles. The van der Waals surface area contributed by atoms with E-state index >= 15 is 0 Å². The number of amides is 2. The Kier molecular flexibility index (Phi) is 5.47. The van der Waals surface area contributed by atoms with Crippen molar-refractivity contribution in [2.45, 2.75) is 25.8 Å². The van der Waals surface area contributed by atoms with Gasteiger partial charge in [-0.15, -0.1) is 0 Å². The summed E-state index contributed by atoms with van der Waals surface area (Å²) in [5, 5.41) is 8.58. The average Bonchev–Trinajstić information content (AvgIpc) is 3.17. The zero-order valence-electron chi connectivity index (χ0n) is 16.5. The molecule has 1 atom stereocenters. The SMILES string of the molecule is C[C@H](NC(=O)CNc1ccccc1N1CCCC1=O)c1ccc2ccccc2c1. The van der Waals surface area contributed by atoms with Gasteiger partial charge >= 0.3 is 0 Å². The summed E-state index contributed by atoms with van der Waals surface area (Å²) in [4.78, 5) is 26.4. The van der Waals surface area contributed by atoms with E-state index in [0.29, 0.717) is 6.42 Å². The van der Waals surface area contributed by atoms with E-state index in [1.54, 1.807) is 4.90 Å². The highest BCUT2D eigenvalue weighted by Gasteiger charge is 2.23. The predicted octanol–water partition coefficient (Wildman–Crippen LogP) is 4.26. The van der Waals surface area contributed by atoms with Gasteiger partial charge in [0.05, 0.1) is 24.0 Å². The molecule has 0 aliphatic carbocycles. The number of nitrogens with one attached hydrogen (secondary N) is 2. The molecule has 5 heteroatoms. The minimum Gasteiger partial charge on any atom is -0.374 e. The standard InChI is InChI=1S/C24H25N3O2/c1-17(19-13-12-18-7-2-3-8-20(18)15-19)26-23(28)16-25-21-9-4-5-10-22(21)27-14-6-11-24(27)29/h2-5,7-10,12-13,15,17,25H,6,11,14,16H2,1H3,(H,26,28)/t17-/m0/s1. The van der Waals surface area contributed by atoms with Crippen LogP contribution < -0.4 is 15.5 Å². The van der Waals surface area contributed by atoms with Crippen LogP contribution in [0.15, 0.2) is 66.7 Å². The molecule has 5 nitrogen and oxygen atoms in total. The summed E-state index contributed by atoms with van der Waals surface area (Å²) in [5.41, 5.74) is 2.71. The number of para-hydroxylation sites is 2. The fourth-order valence-electron chi connectivity index (χ4n) is 3.79. The van der Waals surface area contributed by atoms with Gasteiger partial charge in [0.25, 0.3) is 0 Å². The fraction of sp³-hybridized carbons (Fsp3) is 0.250. The van der Waals surface area contributed by atoms with E-state index in [0.717, 1.165) is 35.3 Å². The van der Waals surface area contributed by atoms with Gasteiger partial charge in [-0.3, -0.25) is 9.59 Å². The van der Waals surface area contributed by atoms with E-state index in [2.05, 4.69) is 41.0 Å². The number of hydrogen-bond acceptors (Lipinski definition) is 3. The van der Waals surface area contributed by atoms with Crippen molar-refractivity contribution >= 4 is 34.0 Å². The van der Waals surface area contributed by atoms with Gasteiger partial charge in [0.2, 0.25) is 11.8 Å². The highest BCUT2D eigenvalue weighted by Crippen LogP contribution is 2.29. The van der Waals surface area contributed by atoms with Crippen molar-refractivity contribution in [1.82, 2.24) is 5.32 Å². The Morgan fingerprint density at radius 3 is 2.59 bits per heavy atom. The van der Waals surface area contributed by atoms with E-state index < -0.39 is 0 Å². The number of carbonyl (C=O) groups excluding carboxylic acids is 2. The summed E-state index contributed by atoms with van der Waals surface area (Å²) < 4.78 is 0. The molecule has 0 spiro atoms. The Bertz CT molecular complexity index is 1050. The second kappa shape index (κ2) is 8.35. The zero-order chi connectivity index (χ0) is 20.2. The summed E-state index contributed by atoms with van der Waals surface area (Å²) in [5.74, 6) is 0.0434. The van der Waals surface area contributed by atoms with Crippen molar-refractivity contribution in [3.63, 3.8) is 0 Å². The van der Waals surface area contributed by atoms with Crippen LogP contribution in [0, 0.1) is 0 Å². The van der Waals surface area contributed by atoms with Gasteiger partial charge in [0.1, 0.15) is 0 Å². The summed E-state index contributed by atoms with van der Waals surface area (Å²) in [7, 11) is 0. The first-order valence-electron chi connectivity index (χ1n) is 10.0. The highest BCUT2D eigenvalue weighted by atomic mass is 16.2. The van der Waals surface area contributed by atoms with E-state index in [-0.39, 0.29) is 24.4 Å². The molecule has 3 aromatic rings. The first-order chi connectivity index (χ1) is 14.1. The van der Waals surface area contributed by atoms with Gasteiger partial charge in [-0.1, -0.05) is 48.5 Å². The molecule has 148 valence electrons. The second-order valence-corrected chi connectivity index (χ2v) is 7.42. The third kappa shape index (κ3) is 4.24. The molecule has 2 amide bonds. The van der Waals surface area contributed by atoms with E-state index in [9.17, 15) is 9.59 Å². The van der Waals surface area contributed by atoms with Crippen molar-refractivity contribution in [2.75, 3.05) is 23.3 Å². The molecule has 1 aliphatic heterocycles. The van der Waals surface area contributed by atoms with Gasteiger partial charge in [-0.2, -0.15) is 0 Å². The molecule has 0 aromatic heterocycles. The zero-order valence-corrected chi connectivity index (χ0v) is 16.5. The summed E-state index contributed by atoms with van der Waals surface area (Å²) in [6.07, 6.45) is 1.45. The highest BCUT2D eigenvalue weighted by molar-refractivity contribution is 5.98. The van der Waals surface area contributed by atoms with Gasteiger partial charge in [-0.05, 0) is 47.9 Å². The molecule has 1 heterocycles. The van der Waals surface area contributed by atoms with Crippen LogP contribution >= 0.6 is 0 Å². The molecular formula is C24H25N3O2. The van der Waals surface area contributed by atoms with Crippen LogP contribution in [0.25, 0.3) is 10.8 Å². The minimum atomic E-state index is -0.0932. The summed E-state index contributed by atoms with van der Waals surface area (Å²) in [6, 6.07) is 22.0. The molecule has 0 radical (unpaired) electrons. The maximum absolute atomic E-state index is 12.5. The first-order valence-corrected chi connectivity index (χ1v) is 10.0. The smallest absolute Gasteiger partial charge is 0.239 e. The third-order valence-corrected chi connectivity index (χ3v) is 5.36. The third-order valence-electron chi connectivity index (χ3n) is 5.36. The molecule has 29 heavy (non-hydrogen) atoms. The van der Waals surface area contributed by atoms with Gasteiger partial charge in [0.15, 0.2) is 0 Å². The molecule has 2 N–H and O–H groups in total. The van der Waals surface area contributed by atoms with Gasteiger partial charge in [0, 0.05) is 13.0 Å². The number of benzene rings is 3. The van der Waals surface area contributed by atoms with Crippen molar-refractivity contribution in [2.24, 2.45) is 0 Å².